The van der Waals surface area contributed by atoms with E-state index in [9.17, 15) is 0 Å². The Bertz CT molecular complexity index is 579. The summed E-state index contributed by atoms with van der Waals surface area (Å²) in [5.74, 6) is 1.46. The molecule has 0 radical (unpaired) electrons. The zero-order valence-electron chi connectivity index (χ0n) is 12.0. The molecule has 1 aliphatic rings. The van der Waals surface area contributed by atoms with Crippen molar-refractivity contribution < 1.29 is 0 Å². The summed E-state index contributed by atoms with van der Waals surface area (Å²) in [6.45, 7) is 5.57. The molecule has 3 N–H and O–H groups in total. The van der Waals surface area contributed by atoms with E-state index >= 15 is 0 Å². The Kier molecular flexibility index (Phi) is 3.68. The van der Waals surface area contributed by atoms with E-state index in [0.717, 1.165) is 29.9 Å². The van der Waals surface area contributed by atoms with Crippen LogP contribution in [0.15, 0.2) is 6.20 Å². The maximum Gasteiger partial charge on any atom is 0.226 e. The van der Waals surface area contributed by atoms with E-state index in [4.69, 9.17) is 0 Å². The SMILES string of the molecule is CCN1CCCC(Nc2nc(NC)nc3[nH]ncc23)C1. The van der Waals surface area contributed by atoms with Crippen LogP contribution < -0.4 is 10.6 Å². The molecule has 3 rings (SSSR count). The Hall–Kier alpha value is -1.89. The first-order chi connectivity index (χ1) is 9.80. The quantitative estimate of drug-likeness (QED) is 0.780. The number of piperidine rings is 1. The van der Waals surface area contributed by atoms with Crippen LogP contribution in [0.3, 0.4) is 0 Å². The number of fused-ring (bicyclic) bond motifs is 1. The standard InChI is InChI=1S/C13H21N7/c1-3-20-6-4-5-9(8-20)16-11-10-7-15-19-12(10)18-13(14-2)17-11/h7,9H,3-6,8H2,1-2H3,(H3,14,15,16,17,18,19). The third-order valence-corrected chi connectivity index (χ3v) is 3.83. The number of hydrogen-bond donors (Lipinski definition) is 3. The number of hydrogen-bond acceptors (Lipinski definition) is 6. The lowest BCUT2D eigenvalue weighted by Crippen LogP contribution is -2.42. The van der Waals surface area contributed by atoms with Crippen molar-refractivity contribution in [3.63, 3.8) is 0 Å². The number of H-pyrrole nitrogens is 1. The molecule has 1 aliphatic heterocycles. The molecule has 0 aromatic carbocycles. The molecule has 20 heavy (non-hydrogen) atoms. The Labute approximate surface area is 118 Å². The van der Waals surface area contributed by atoms with Gasteiger partial charge in [-0.3, -0.25) is 5.10 Å². The lowest BCUT2D eigenvalue weighted by atomic mass is 10.1. The van der Waals surface area contributed by atoms with Gasteiger partial charge in [0.1, 0.15) is 5.82 Å². The summed E-state index contributed by atoms with van der Waals surface area (Å²) in [5.41, 5.74) is 0.759. The second-order valence-electron chi connectivity index (χ2n) is 5.15. The monoisotopic (exact) mass is 275 g/mol. The zero-order valence-corrected chi connectivity index (χ0v) is 12.0. The normalized spacial score (nSPS) is 20.2. The molecule has 0 aliphatic carbocycles. The van der Waals surface area contributed by atoms with Crippen LogP contribution in [-0.4, -0.2) is 57.8 Å². The first-order valence-electron chi connectivity index (χ1n) is 7.18. The summed E-state index contributed by atoms with van der Waals surface area (Å²) in [5, 5.41) is 14.4. The van der Waals surface area contributed by atoms with E-state index < -0.39 is 0 Å². The predicted molar refractivity (Wildman–Crippen MR) is 80.0 cm³/mol. The van der Waals surface area contributed by atoms with E-state index in [2.05, 4.69) is 42.6 Å². The number of nitrogens with zero attached hydrogens (tertiary/aromatic N) is 4. The minimum absolute atomic E-state index is 0.432. The molecular weight excluding hydrogens is 254 g/mol. The number of anilines is 2. The Balaban J connectivity index is 1.84. The highest BCUT2D eigenvalue weighted by molar-refractivity contribution is 5.87. The van der Waals surface area contributed by atoms with Crippen molar-refractivity contribution in [2.75, 3.05) is 37.3 Å². The molecule has 0 spiro atoms. The van der Waals surface area contributed by atoms with Gasteiger partial charge >= 0.3 is 0 Å². The van der Waals surface area contributed by atoms with Crippen molar-refractivity contribution >= 4 is 22.8 Å². The van der Waals surface area contributed by atoms with Crippen LogP contribution in [0.25, 0.3) is 11.0 Å². The fourth-order valence-electron chi connectivity index (χ4n) is 2.71. The molecule has 7 heteroatoms. The molecule has 1 saturated heterocycles. The third kappa shape index (κ3) is 2.53. The van der Waals surface area contributed by atoms with Crippen molar-refractivity contribution in [1.29, 1.82) is 0 Å². The van der Waals surface area contributed by atoms with E-state index in [-0.39, 0.29) is 0 Å². The van der Waals surface area contributed by atoms with Gasteiger partial charge in [0.25, 0.3) is 0 Å². The van der Waals surface area contributed by atoms with Crippen LogP contribution in [0, 0.1) is 0 Å². The van der Waals surface area contributed by atoms with Crippen molar-refractivity contribution in [3.05, 3.63) is 6.20 Å². The molecule has 1 fully saturated rings. The second kappa shape index (κ2) is 5.62. The minimum Gasteiger partial charge on any atom is -0.365 e. The molecule has 3 heterocycles. The number of aromatic nitrogens is 4. The molecule has 7 nitrogen and oxygen atoms in total. The number of aromatic amines is 1. The van der Waals surface area contributed by atoms with Crippen molar-refractivity contribution in [1.82, 2.24) is 25.1 Å². The summed E-state index contributed by atoms with van der Waals surface area (Å²) in [6, 6.07) is 0.432. The minimum atomic E-state index is 0.432. The molecule has 108 valence electrons. The highest BCUT2D eigenvalue weighted by Crippen LogP contribution is 2.22. The smallest absolute Gasteiger partial charge is 0.226 e. The van der Waals surface area contributed by atoms with Crippen molar-refractivity contribution in [3.8, 4) is 0 Å². The van der Waals surface area contributed by atoms with Gasteiger partial charge in [-0.15, -0.1) is 0 Å². The van der Waals surface area contributed by atoms with E-state index in [0.29, 0.717) is 12.0 Å². The van der Waals surface area contributed by atoms with Gasteiger partial charge in [-0.1, -0.05) is 6.92 Å². The average molecular weight is 275 g/mol. The molecule has 2 aromatic heterocycles. The first-order valence-corrected chi connectivity index (χ1v) is 7.18. The van der Waals surface area contributed by atoms with Gasteiger partial charge in [0.15, 0.2) is 5.65 Å². The molecule has 0 saturated carbocycles. The molecule has 0 bridgehead atoms. The van der Waals surface area contributed by atoms with E-state index in [1.807, 2.05) is 7.05 Å². The summed E-state index contributed by atoms with van der Waals surface area (Å²) >= 11 is 0. The maximum absolute atomic E-state index is 4.52. The number of nitrogens with one attached hydrogen (secondary N) is 3. The molecule has 1 unspecified atom stereocenters. The van der Waals surface area contributed by atoms with Crippen LogP contribution in [0.4, 0.5) is 11.8 Å². The summed E-state index contributed by atoms with van der Waals surface area (Å²) in [6.07, 6.45) is 4.18. The highest BCUT2D eigenvalue weighted by Gasteiger charge is 2.20. The first kappa shape index (κ1) is 13.1. The van der Waals surface area contributed by atoms with Gasteiger partial charge in [-0.25, -0.2) is 0 Å². The van der Waals surface area contributed by atoms with Crippen LogP contribution in [-0.2, 0) is 0 Å². The largest absolute Gasteiger partial charge is 0.365 e. The third-order valence-electron chi connectivity index (χ3n) is 3.83. The van der Waals surface area contributed by atoms with E-state index in [1.54, 1.807) is 6.20 Å². The van der Waals surface area contributed by atoms with Gasteiger partial charge in [-0.05, 0) is 25.9 Å². The highest BCUT2D eigenvalue weighted by atomic mass is 15.2. The molecule has 0 amide bonds. The van der Waals surface area contributed by atoms with Crippen LogP contribution >= 0.6 is 0 Å². The number of likely N-dealkylation sites (N-methyl/N-ethyl adjacent to an activating group) is 1. The van der Waals surface area contributed by atoms with Gasteiger partial charge in [0, 0.05) is 19.6 Å². The fraction of sp³-hybridized carbons (Fsp3) is 0.615. The lowest BCUT2D eigenvalue weighted by Gasteiger charge is -2.32. The molecule has 2 aromatic rings. The predicted octanol–water partition coefficient (Wildman–Crippen LogP) is 1.29. The number of rotatable bonds is 4. The van der Waals surface area contributed by atoms with Gasteiger partial charge in [-0.2, -0.15) is 15.1 Å². The summed E-state index contributed by atoms with van der Waals surface area (Å²) in [7, 11) is 1.82. The van der Waals surface area contributed by atoms with Crippen molar-refractivity contribution in [2.24, 2.45) is 0 Å². The number of likely N-dealkylation sites (tertiary alicyclic amines) is 1. The van der Waals surface area contributed by atoms with Crippen LogP contribution in [0.1, 0.15) is 19.8 Å². The van der Waals surface area contributed by atoms with Gasteiger partial charge in [0.2, 0.25) is 5.95 Å². The Morgan fingerprint density at radius 1 is 1.45 bits per heavy atom. The maximum atomic E-state index is 4.52. The summed E-state index contributed by atoms with van der Waals surface area (Å²) in [4.78, 5) is 11.3. The second-order valence-corrected chi connectivity index (χ2v) is 5.15. The topological polar surface area (TPSA) is 81.8 Å². The fourth-order valence-corrected chi connectivity index (χ4v) is 2.71. The van der Waals surface area contributed by atoms with Crippen LogP contribution in [0.2, 0.25) is 0 Å². The molecular formula is C13H21N7. The Morgan fingerprint density at radius 3 is 3.15 bits per heavy atom. The van der Waals surface area contributed by atoms with E-state index in [1.165, 1.54) is 19.4 Å². The van der Waals surface area contributed by atoms with Gasteiger partial charge in [0.05, 0.1) is 11.6 Å². The lowest BCUT2D eigenvalue weighted by molar-refractivity contribution is 0.226. The zero-order chi connectivity index (χ0) is 13.9. The van der Waals surface area contributed by atoms with Gasteiger partial charge < -0.3 is 15.5 Å². The average Bonchev–Trinajstić information content (AvgIpc) is 2.96. The summed E-state index contributed by atoms with van der Waals surface area (Å²) < 4.78 is 0. The Morgan fingerprint density at radius 2 is 2.35 bits per heavy atom. The molecule has 1 atom stereocenters. The van der Waals surface area contributed by atoms with Crippen molar-refractivity contribution in [2.45, 2.75) is 25.8 Å². The van der Waals surface area contributed by atoms with Crippen LogP contribution in [0.5, 0.6) is 0 Å².